The number of nitrogens with zero attached hydrogens (tertiary/aromatic N) is 4. The number of carbonyl (C=O) groups is 1. The summed E-state index contributed by atoms with van der Waals surface area (Å²) in [7, 11) is 0. The van der Waals surface area contributed by atoms with E-state index in [1.807, 2.05) is 36.7 Å². The number of hydrogen-bond acceptors (Lipinski definition) is 5. The average molecular weight is 394 g/mol. The minimum absolute atomic E-state index is 0.0325. The second-order valence-electron chi connectivity index (χ2n) is 7.32. The quantitative estimate of drug-likeness (QED) is 0.690. The fourth-order valence-electron chi connectivity index (χ4n) is 3.86. The number of rotatable bonds is 5. The molecule has 4 rings (SSSR count). The molecule has 3 aromatic heterocycles. The van der Waals surface area contributed by atoms with Crippen molar-refractivity contribution in [2.75, 3.05) is 11.9 Å². The molecule has 1 aliphatic rings. The van der Waals surface area contributed by atoms with Gasteiger partial charge in [0.15, 0.2) is 0 Å². The number of carbonyl (C=O) groups excluding carboxylic acids is 1. The third kappa shape index (κ3) is 4.37. The molecular formula is C21H26N6O2. The van der Waals surface area contributed by atoms with Gasteiger partial charge in [0.2, 0.25) is 0 Å². The van der Waals surface area contributed by atoms with Crippen molar-refractivity contribution in [3.05, 3.63) is 42.5 Å². The molecule has 3 heterocycles. The van der Waals surface area contributed by atoms with Gasteiger partial charge < -0.3 is 10.1 Å². The Morgan fingerprint density at radius 2 is 2.10 bits per heavy atom. The second kappa shape index (κ2) is 8.57. The number of urea groups is 1. The number of ether oxygens (including phenoxy) is 1. The molecule has 0 aromatic carbocycles. The maximum Gasteiger partial charge on any atom is 0.320 e. The molecule has 2 atom stereocenters. The molecule has 8 nitrogen and oxygen atoms in total. The van der Waals surface area contributed by atoms with Crippen LogP contribution >= 0.6 is 0 Å². The molecule has 0 radical (unpaired) electrons. The fourth-order valence-corrected chi connectivity index (χ4v) is 3.86. The van der Waals surface area contributed by atoms with Gasteiger partial charge in [-0.05, 0) is 44.9 Å². The first-order chi connectivity index (χ1) is 14.1. The number of aromatic nitrogens is 4. The number of hydrogen-bond donors (Lipinski definition) is 2. The van der Waals surface area contributed by atoms with E-state index in [4.69, 9.17) is 4.74 Å². The lowest BCUT2D eigenvalue weighted by Gasteiger charge is -2.31. The SMILES string of the molecule is CCO[C@H]1CCCC[C@@H]1NC(=O)Nc1cc2cnn(-c3ccnc(C)c3)c2cn1. The summed E-state index contributed by atoms with van der Waals surface area (Å²) in [5, 5.41) is 11.2. The largest absolute Gasteiger partial charge is 0.376 e. The molecule has 0 aliphatic heterocycles. The van der Waals surface area contributed by atoms with Gasteiger partial charge in [-0.1, -0.05) is 12.8 Å². The van der Waals surface area contributed by atoms with Crippen LogP contribution in [0.3, 0.4) is 0 Å². The number of fused-ring (bicyclic) bond motifs is 1. The van der Waals surface area contributed by atoms with E-state index in [2.05, 4.69) is 25.7 Å². The van der Waals surface area contributed by atoms with Crippen LogP contribution in [-0.2, 0) is 4.74 Å². The van der Waals surface area contributed by atoms with Crippen molar-refractivity contribution in [1.82, 2.24) is 25.1 Å². The first kappa shape index (κ1) is 19.3. The number of amides is 2. The standard InChI is InChI=1S/C21H26N6O2/c1-3-29-19-7-5-4-6-17(19)25-21(28)26-20-11-15-12-24-27(18(15)13-23-20)16-8-9-22-14(2)10-16/h8-13,17,19H,3-7H2,1-2H3,(H2,23,25,26,28)/t17-,19-/m0/s1. The Morgan fingerprint density at radius 3 is 2.93 bits per heavy atom. The van der Waals surface area contributed by atoms with Gasteiger partial charge in [0.1, 0.15) is 5.82 Å². The highest BCUT2D eigenvalue weighted by Gasteiger charge is 2.27. The first-order valence-corrected chi connectivity index (χ1v) is 10.1. The van der Waals surface area contributed by atoms with Crippen LogP contribution in [0.5, 0.6) is 0 Å². The minimum Gasteiger partial charge on any atom is -0.376 e. The van der Waals surface area contributed by atoms with Crippen molar-refractivity contribution in [2.24, 2.45) is 0 Å². The molecule has 1 fully saturated rings. The van der Waals surface area contributed by atoms with Gasteiger partial charge in [0, 0.05) is 23.9 Å². The molecular weight excluding hydrogens is 368 g/mol. The Hall–Kier alpha value is -3.00. The minimum atomic E-state index is -0.259. The Balaban J connectivity index is 1.46. The van der Waals surface area contributed by atoms with Gasteiger partial charge in [-0.25, -0.2) is 14.5 Å². The van der Waals surface area contributed by atoms with Crippen molar-refractivity contribution in [2.45, 2.75) is 51.7 Å². The summed E-state index contributed by atoms with van der Waals surface area (Å²) in [6, 6.07) is 5.46. The van der Waals surface area contributed by atoms with Crippen LogP contribution in [0.25, 0.3) is 16.6 Å². The van der Waals surface area contributed by atoms with E-state index in [-0.39, 0.29) is 18.2 Å². The number of anilines is 1. The molecule has 1 saturated carbocycles. The lowest BCUT2D eigenvalue weighted by Crippen LogP contribution is -2.47. The van der Waals surface area contributed by atoms with Crippen LogP contribution in [-0.4, -0.2) is 44.5 Å². The van der Waals surface area contributed by atoms with Crippen molar-refractivity contribution < 1.29 is 9.53 Å². The van der Waals surface area contributed by atoms with E-state index in [1.54, 1.807) is 18.6 Å². The predicted octanol–water partition coefficient (Wildman–Crippen LogP) is 3.59. The third-order valence-corrected chi connectivity index (χ3v) is 5.22. The summed E-state index contributed by atoms with van der Waals surface area (Å²) in [5.74, 6) is 0.490. The summed E-state index contributed by atoms with van der Waals surface area (Å²) < 4.78 is 7.60. The molecule has 0 bridgehead atoms. The summed E-state index contributed by atoms with van der Waals surface area (Å²) in [6.45, 7) is 4.58. The number of nitrogens with one attached hydrogen (secondary N) is 2. The van der Waals surface area contributed by atoms with E-state index in [1.165, 1.54) is 0 Å². The van der Waals surface area contributed by atoms with Gasteiger partial charge in [0.25, 0.3) is 0 Å². The van der Waals surface area contributed by atoms with Crippen molar-refractivity contribution >= 4 is 22.8 Å². The Kier molecular flexibility index (Phi) is 5.71. The van der Waals surface area contributed by atoms with Crippen LogP contribution in [0.1, 0.15) is 38.3 Å². The molecule has 0 unspecified atom stereocenters. The van der Waals surface area contributed by atoms with Crippen molar-refractivity contribution in [1.29, 1.82) is 0 Å². The number of pyridine rings is 2. The van der Waals surface area contributed by atoms with Crippen LogP contribution in [0.2, 0.25) is 0 Å². The maximum absolute atomic E-state index is 12.5. The Morgan fingerprint density at radius 1 is 1.24 bits per heavy atom. The Labute approximate surface area is 169 Å². The summed E-state index contributed by atoms with van der Waals surface area (Å²) in [6.07, 6.45) is 9.48. The van der Waals surface area contributed by atoms with Crippen molar-refractivity contribution in [3.8, 4) is 5.69 Å². The van der Waals surface area contributed by atoms with Crippen LogP contribution in [0.15, 0.2) is 36.8 Å². The highest BCUT2D eigenvalue weighted by atomic mass is 16.5. The fraction of sp³-hybridized carbons (Fsp3) is 0.429. The van der Waals surface area contributed by atoms with E-state index in [9.17, 15) is 4.79 Å². The molecule has 0 saturated heterocycles. The van der Waals surface area contributed by atoms with Crippen LogP contribution < -0.4 is 10.6 Å². The maximum atomic E-state index is 12.5. The van der Waals surface area contributed by atoms with Gasteiger partial charge in [0.05, 0.1) is 35.7 Å². The topological polar surface area (TPSA) is 94.0 Å². The molecule has 0 spiro atoms. The van der Waals surface area contributed by atoms with Gasteiger partial charge in [-0.2, -0.15) is 5.10 Å². The van der Waals surface area contributed by atoms with Crippen LogP contribution in [0, 0.1) is 6.92 Å². The molecule has 2 N–H and O–H groups in total. The normalized spacial score (nSPS) is 19.2. The smallest absolute Gasteiger partial charge is 0.320 e. The lowest BCUT2D eigenvalue weighted by molar-refractivity contribution is 0.0158. The van der Waals surface area contributed by atoms with Crippen molar-refractivity contribution in [3.63, 3.8) is 0 Å². The zero-order chi connectivity index (χ0) is 20.2. The highest BCUT2D eigenvalue weighted by molar-refractivity contribution is 5.91. The molecule has 152 valence electrons. The zero-order valence-electron chi connectivity index (χ0n) is 16.8. The Bertz CT molecular complexity index is 1000. The first-order valence-electron chi connectivity index (χ1n) is 10.1. The van der Waals surface area contributed by atoms with E-state index in [0.29, 0.717) is 12.4 Å². The highest BCUT2D eigenvalue weighted by Crippen LogP contribution is 2.22. The van der Waals surface area contributed by atoms with Gasteiger partial charge in [-0.3, -0.25) is 10.3 Å². The monoisotopic (exact) mass is 394 g/mol. The molecule has 2 amide bonds. The lowest BCUT2D eigenvalue weighted by atomic mass is 9.92. The molecule has 3 aromatic rings. The predicted molar refractivity (Wildman–Crippen MR) is 111 cm³/mol. The van der Waals surface area contributed by atoms with Gasteiger partial charge in [-0.15, -0.1) is 0 Å². The summed E-state index contributed by atoms with van der Waals surface area (Å²) >= 11 is 0. The number of aryl methyl sites for hydroxylation is 1. The third-order valence-electron chi connectivity index (χ3n) is 5.22. The molecule has 1 aliphatic carbocycles. The average Bonchev–Trinajstić information content (AvgIpc) is 3.13. The molecule has 29 heavy (non-hydrogen) atoms. The summed E-state index contributed by atoms with van der Waals surface area (Å²) in [4.78, 5) is 21.1. The van der Waals surface area contributed by atoms with Gasteiger partial charge >= 0.3 is 6.03 Å². The van der Waals surface area contributed by atoms with E-state index < -0.39 is 0 Å². The van der Waals surface area contributed by atoms with Crippen LogP contribution in [0.4, 0.5) is 10.6 Å². The van der Waals surface area contributed by atoms with E-state index in [0.717, 1.165) is 48.0 Å². The zero-order valence-corrected chi connectivity index (χ0v) is 16.8. The second-order valence-corrected chi connectivity index (χ2v) is 7.32. The molecule has 8 heteroatoms. The summed E-state index contributed by atoms with van der Waals surface area (Å²) in [5.41, 5.74) is 2.71. The van der Waals surface area contributed by atoms with E-state index >= 15 is 0 Å².